The summed E-state index contributed by atoms with van der Waals surface area (Å²) < 4.78 is 36.7. The highest BCUT2D eigenvalue weighted by Crippen LogP contribution is 2.33. The fourth-order valence-electron chi connectivity index (χ4n) is 0.891. The Morgan fingerprint density at radius 3 is 2.53 bits per heavy atom. The average Bonchev–Trinajstić information content (AvgIpc) is 2.15. The van der Waals surface area contributed by atoms with Gasteiger partial charge in [0.15, 0.2) is 5.82 Å². The van der Waals surface area contributed by atoms with Crippen molar-refractivity contribution in [3.63, 3.8) is 0 Å². The number of pyridine rings is 1. The first-order valence-corrected chi connectivity index (χ1v) is 4.17. The number of alkyl halides is 3. The summed E-state index contributed by atoms with van der Waals surface area (Å²) in [6.07, 6.45) is -3.75. The number of hydrazone groups is 1. The van der Waals surface area contributed by atoms with E-state index in [4.69, 9.17) is 11.6 Å². The third kappa shape index (κ3) is 2.59. The van der Waals surface area contributed by atoms with Crippen molar-refractivity contribution in [2.75, 3.05) is 12.1 Å². The molecule has 0 aromatic carbocycles. The maximum absolute atomic E-state index is 12.2. The largest absolute Gasteiger partial charge is 0.417 e. The molecule has 0 aliphatic rings. The van der Waals surface area contributed by atoms with Crippen LogP contribution in [-0.4, -0.2) is 18.7 Å². The molecule has 15 heavy (non-hydrogen) atoms. The molecule has 0 saturated heterocycles. The number of anilines is 1. The molecule has 1 aromatic heterocycles. The van der Waals surface area contributed by atoms with E-state index in [0.29, 0.717) is 6.20 Å². The zero-order chi connectivity index (χ0) is 11.6. The monoisotopic (exact) mass is 237 g/mol. The summed E-state index contributed by atoms with van der Waals surface area (Å²) in [6.45, 7) is 3.20. The van der Waals surface area contributed by atoms with Crippen LogP contribution >= 0.6 is 11.6 Å². The Kier molecular flexibility index (Phi) is 3.18. The Hall–Kier alpha value is -1.30. The second kappa shape index (κ2) is 4.06. The molecule has 1 rings (SSSR count). The molecule has 0 aliphatic carbocycles. The maximum Gasteiger partial charge on any atom is 0.417 e. The number of nitrogens with zero attached hydrogens (tertiary/aromatic N) is 3. The quantitative estimate of drug-likeness (QED) is 0.585. The van der Waals surface area contributed by atoms with Gasteiger partial charge in [-0.15, -0.1) is 0 Å². The molecule has 0 atom stereocenters. The summed E-state index contributed by atoms with van der Waals surface area (Å²) in [4.78, 5) is 3.56. The summed E-state index contributed by atoms with van der Waals surface area (Å²) in [5.74, 6) is 0.125. The molecule has 0 fully saturated rings. The van der Waals surface area contributed by atoms with Crippen molar-refractivity contribution in [3.05, 3.63) is 22.8 Å². The van der Waals surface area contributed by atoms with Crippen molar-refractivity contribution in [3.8, 4) is 0 Å². The number of halogens is 4. The summed E-state index contributed by atoms with van der Waals surface area (Å²) in [7, 11) is 1.48. The highest BCUT2D eigenvalue weighted by molar-refractivity contribution is 6.33. The molecular formula is C8H7ClF3N3. The summed E-state index contributed by atoms with van der Waals surface area (Å²) in [5, 5.41) is 4.52. The van der Waals surface area contributed by atoms with E-state index in [-0.39, 0.29) is 10.8 Å². The van der Waals surface area contributed by atoms with Gasteiger partial charge < -0.3 is 0 Å². The van der Waals surface area contributed by atoms with Crippen LogP contribution in [0.1, 0.15) is 5.56 Å². The van der Waals surface area contributed by atoms with Gasteiger partial charge in [-0.1, -0.05) is 11.6 Å². The van der Waals surface area contributed by atoms with Crippen LogP contribution in [0.3, 0.4) is 0 Å². The molecular weight excluding hydrogens is 231 g/mol. The summed E-state index contributed by atoms with van der Waals surface area (Å²) in [5.41, 5.74) is -0.895. The van der Waals surface area contributed by atoms with Gasteiger partial charge >= 0.3 is 6.18 Å². The van der Waals surface area contributed by atoms with Gasteiger partial charge in [0.05, 0.1) is 10.6 Å². The zero-order valence-electron chi connectivity index (χ0n) is 7.72. The lowest BCUT2D eigenvalue weighted by Gasteiger charge is -2.14. The number of rotatable bonds is 2. The van der Waals surface area contributed by atoms with Crippen molar-refractivity contribution in [1.29, 1.82) is 0 Å². The topological polar surface area (TPSA) is 28.5 Å². The predicted molar refractivity (Wildman–Crippen MR) is 52.2 cm³/mol. The molecule has 0 spiro atoms. The number of hydrogen-bond acceptors (Lipinski definition) is 3. The molecule has 3 nitrogen and oxygen atoms in total. The lowest BCUT2D eigenvalue weighted by atomic mass is 10.3. The van der Waals surface area contributed by atoms with E-state index in [9.17, 15) is 13.2 Å². The van der Waals surface area contributed by atoms with Crippen LogP contribution in [0.15, 0.2) is 17.4 Å². The zero-order valence-corrected chi connectivity index (χ0v) is 8.47. The minimum atomic E-state index is -4.45. The maximum atomic E-state index is 12.2. The van der Waals surface area contributed by atoms with Gasteiger partial charge in [0, 0.05) is 20.0 Å². The third-order valence-corrected chi connectivity index (χ3v) is 1.95. The van der Waals surface area contributed by atoms with E-state index in [1.807, 2.05) is 0 Å². The van der Waals surface area contributed by atoms with Gasteiger partial charge in [0.25, 0.3) is 0 Å². The predicted octanol–water partition coefficient (Wildman–Crippen LogP) is 2.81. The van der Waals surface area contributed by atoms with Crippen molar-refractivity contribution in [2.45, 2.75) is 6.18 Å². The van der Waals surface area contributed by atoms with Crippen molar-refractivity contribution >= 4 is 24.1 Å². The third-order valence-electron chi connectivity index (χ3n) is 1.67. The first-order chi connectivity index (χ1) is 6.86. The van der Waals surface area contributed by atoms with Gasteiger partial charge in [-0.3, -0.25) is 5.01 Å². The first kappa shape index (κ1) is 11.8. The molecule has 0 amide bonds. The molecule has 0 radical (unpaired) electrons. The lowest BCUT2D eigenvalue weighted by molar-refractivity contribution is -0.137. The molecule has 1 heterocycles. The average molecular weight is 238 g/mol. The van der Waals surface area contributed by atoms with Gasteiger partial charge in [-0.25, -0.2) is 4.98 Å². The van der Waals surface area contributed by atoms with E-state index in [1.54, 1.807) is 0 Å². The molecule has 7 heteroatoms. The van der Waals surface area contributed by atoms with Gasteiger partial charge in [0.2, 0.25) is 0 Å². The first-order valence-electron chi connectivity index (χ1n) is 3.79. The Bertz CT molecular complexity index is 378. The Labute approximate surface area is 89.2 Å². The fraction of sp³-hybridized carbons (Fsp3) is 0.250. The van der Waals surface area contributed by atoms with Gasteiger partial charge in [0.1, 0.15) is 0 Å². The van der Waals surface area contributed by atoms with Crippen LogP contribution in [-0.2, 0) is 6.18 Å². The highest BCUT2D eigenvalue weighted by Gasteiger charge is 2.31. The standard InChI is InChI=1S/C8H7ClF3N3/c1-13-15(2)7-6(9)3-5(4-14-7)8(10,11)12/h3-4H,1H2,2H3. The van der Waals surface area contributed by atoms with Crippen molar-refractivity contribution in [1.82, 2.24) is 4.98 Å². The second-order valence-electron chi connectivity index (χ2n) is 2.69. The van der Waals surface area contributed by atoms with E-state index in [0.717, 1.165) is 6.07 Å². The van der Waals surface area contributed by atoms with Gasteiger partial charge in [-0.05, 0) is 6.07 Å². The molecule has 0 N–H and O–H groups in total. The Morgan fingerprint density at radius 1 is 1.53 bits per heavy atom. The lowest BCUT2D eigenvalue weighted by Crippen LogP contribution is -2.12. The minimum absolute atomic E-state index is 0.125. The molecule has 0 saturated carbocycles. The van der Waals surface area contributed by atoms with E-state index >= 15 is 0 Å². The Balaban J connectivity index is 3.14. The molecule has 0 unspecified atom stereocenters. The Morgan fingerprint density at radius 2 is 2.13 bits per heavy atom. The second-order valence-corrected chi connectivity index (χ2v) is 3.10. The van der Waals surface area contributed by atoms with Crippen molar-refractivity contribution in [2.24, 2.45) is 5.10 Å². The van der Waals surface area contributed by atoms with E-state index < -0.39 is 11.7 Å². The van der Waals surface area contributed by atoms with Crippen LogP contribution < -0.4 is 5.01 Å². The molecule has 82 valence electrons. The summed E-state index contributed by atoms with van der Waals surface area (Å²) >= 11 is 5.62. The van der Waals surface area contributed by atoms with Crippen LogP contribution in [0.2, 0.25) is 5.02 Å². The fourth-order valence-corrected chi connectivity index (χ4v) is 1.18. The molecule has 0 aliphatic heterocycles. The van der Waals surface area contributed by atoms with Crippen molar-refractivity contribution < 1.29 is 13.2 Å². The van der Waals surface area contributed by atoms with Crippen LogP contribution in [0.25, 0.3) is 0 Å². The normalized spacial score (nSPS) is 11.3. The van der Waals surface area contributed by atoms with Crippen LogP contribution in [0.4, 0.5) is 19.0 Å². The minimum Gasteiger partial charge on any atom is -0.250 e. The van der Waals surface area contributed by atoms with E-state index in [2.05, 4.69) is 16.8 Å². The smallest absolute Gasteiger partial charge is 0.250 e. The van der Waals surface area contributed by atoms with Crippen LogP contribution in [0.5, 0.6) is 0 Å². The molecule has 0 bridgehead atoms. The number of aromatic nitrogens is 1. The SMILES string of the molecule is C=NN(C)c1ncc(C(F)(F)F)cc1Cl. The highest BCUT2D eigenvalue weighted by atomic mass is 35.5. The number of hydrogen-bond donors (Lipinski definition) is 0. The summed E-state index contributed by atoms with van der Waals surface area (Å²) in [6, 6.07) is 0.797. The molecule has 1 aromatic rings. The van der Waals surface area contributed by atoms with E-state index in [1.165, 1.54) is 12.1 Å². The van der Waals surface area contributed by atoms with Crippen LogP contribution in [0, 0.1) is 0 Å². The van der Waals surface area contributed by atoms with Gasteiger partial charge in [-0.2, -0.15) is 18.3 Å².